The van der Waals surface area contributed by atoms with E-state index >= 15 is 0 Å². The number of hydrogen-bond donors (Lipinski definition) is 1. The van der Waals surface area contributed by atoms with Crippen LogP contribution in [0.25, 0.3) is 0 Å². The molecule has 0 aliphatic heterocycles. The first-order chi connectivity index (χ1) is 6.36. The fourth-order valence-electron chi connectivity index (χ4n) is 0.926. The summed E-state index contributed by atoms with van der Waals surface area (Å²) >= 11 is 11.2. The molecule has 0 aromatic heterocycles. The highest BCUT2D eigenvalue weighted by Gasteiger charge is 2.19. The molecule has 78 valence electrons. The minimum absolute atomic E-state index is 0.0209. The first kappa shape index (κ1) is 11.6. The number of methoxy groups -OCH3 is 1. The van der Waals surface area contributed by atoms with Crippen LogP contribution in [0.4, 0.5) is 0 Å². The SMILES string of the molecule is COc1c(Cl)cc(Cl)cc1S(=O)(=O)O. The predicted molar refractivity (Wildman–Crippen MR) is 52.8 cm³/mol. The van der Waals surface area contributed by atoms with E-state index in [-0.39, 0.29) is 15.8 Å². The van der Waals surface area contributed by atoms with E-state index in [2.05, 4.69) is 0 Å². The summed E-state index contributed by atoms with van der Waals surface area (Å²) in [5.41, 5.74) is 0. The standard InChI is InChI=1S/C7H6Cl2O4S/c1-13-7-5(9)2-4(8)3-6(7)14(10,11)12/h2-3H,1H3,(H,10,11,12). The van der Waals surface area contributed by atoms with Gasteiger partial charge in [0.1, 0.15) is 4.90 Å². The topological polar surface area (TPSA) is 63.6 Å². The van der Waals surface area contributed by atoms with Gasteiger partial charge in [0.2, 0.25) is 0 Å². The molecule has 0 heterocycles. The van der Waals surface area contributed by atoms with Crippen molar-refractivity contribution in [1.29, 1.82) is 0 Å². The van der Waals surface area contributed by atoms with Gasteiger partial charge in [-0.1, -0.05) is 23.2 Å². The third-order valence-electron chi connectivity index (χ3n) is 1.46. The molecule has 0 unspecified atom stereocenters. The smallest absolute Gasteiger partial charge is 0.298 e. The molecule has 0 bridgehead atoms. The van der Waals surface area contributed by atoms with E-state index < -0.39 is 15.0 Å². The van der Waals surface area contributed by atoms with Gasteiger partial charge in [-0.15, -0.1) is 0 Å². The van der Waals surface area contributed by atoms with Crippen LogP contribution in [0.3, 0.4) is 0 Å². The molecule has 4 nitrogen and oxygen atoms in total. The lowest BCUT2D eigenvalue weighted by Gasteiger charge is -2.07. The lowest BCUT2D eigenvalue weighted by molar-refractivity contribution is 0.398. The van der Waals surface area contributed by atoms with Gasteiger partial charge in [-0.05, 0) is 12.1 Å². The number of ether oxygens (including phenoxy) is 1. The molecule has 0 saturated heterocycles. The minimum atomic E-state index is -4.38. The fraction of sp³-hybridized carbons (Fsp3) is 0.143. The first-order valence-corrected chi connectivity index (χ1v) is 5.56. The Morgan fingerprint density at radius 1 is 1.36 bits per heavy atom. The molecule has 0 amide bonds. The zero-order valence-electron chi connectivity index (χ0n) is 6.99. The van der Waals surface area contributed by atoms with E-state index in [1.165, 1.54) is 13.2 Å². The molecule has 7 heteroatoms. The van der Waals surface area contributed by atoms with Gasteiger partial charge in [0.25, 0.3) is 10.1 Å². The number of halogens is 2. The molecule has 0 aliphatic carbocycles. The Bertz CT molecular complexity index is 455. The number of hydrogen-bond acceptors (Lipinski definition) is 3. The summed E-state index contributed by atoms with van der Waals surface area (Å²) in [6.07, 6.45) is 0. The summed E-state index contributed by atoms with van der Waals surface area (Å²) in [4.78, 5) is -0.447. The maximum atomic E-state index is 10.9. The van der Waals surface area contributed by atoms with Gasteiger partial charge in [-0.3, -0.25) is 4.55 Å². The van der Waals surface area contributed by atoms with Crippen molar-refractivity contribution >= 4 is 33.3 Å². The van der Waals surface area contributed by atoms with Gasteiger partial charge in [-0.2, -0.15) is 8.42 Å². The molecule has 0 aliphatic rings. The van der Waals surface area contributed by atoms with E-state index in [1.807, 2.05) is 0 Å². The summed E-state index contributed by atoms with van der Waals surface area (Å²) < 4.78 is 35.3. The minimum Gasteiger partial charge on any atom is -0.494 e. The van der Waals surface area contributed by atoms with Gasteiger partial charge in [0.15, 0.2) is 5.75 Å². The second-order valence-corrected chi connectivity index (χ2v) is 4.63. The van der Waals surface area contributed by atoms with Gasteiger partial charge in [0, 0.05) is 5.02 Å². The monoisotopic (exact) mass is 256 g/mol. The molecule has 0 radical (unpaired) electrons. The average Bonchev–Trinajstić information content (AvgIpc) is 2.01. The largest absolute Gasteiger partial charge is 0.494 e. The van der Waals surface area contributed by atoms with Gasteiger partial charge in [0.05, 0.1) is 12.1 Å². The molecule has 1 aromatic rings. The van der Waals surface area contributed by atoms with Crippen LogP contribution >= 0.6 is 23.2 Å². The summed E-state index contributed by atoms with van der Waals surface area (Å²) in [7, 11) is -3.14. The Hall–Kier alpha value is -0.490. The zero-order valence-corrected chi connectivity index (χ0v) is 9.32. The van der Waals surface area contributed by atoms with Crippen LogP contribution in [0.5, 0.6) is 5.75 Å². The lowest BCUT2D eigenvalue weighted by atomic mass is 10.3. The first-order valence-electron chi connectivity index (χ1n) is 3.37. The number of benzene rings is 1. The average molecular weight is 257 g/mol. The van der Waals surface area contributed by atoms with Crippen molar-refractivity contribution in [2.45, 2.75) is 4.90 Å². The van der Waals surface area contributed by atoms with Crippen molar-refractivity contribution in [3.63, 3.8) is 0 Å². The Balaban J connectivity index is 3.56. The van der Waals surface area contributed by atoms with Crippen molar-refractivity contribution in [2.75, 3.05) is 7.11 Å². The van der Waals surface area contributed by atoms with Crippen LogP contribution in [0, 0.1) is 0 Å². The van der Waals surface area contributed by atoms with Crippen LogP contribution in [-0.2, 0) is 10.1 Å². The van der Waals surface area contributed by atoms with Crippen LogP contribution < -0.4 is 4.74 Å². The third-order valence-corrected chi connectivity index (χ3v) is 2.81. The van der Waals surface area contributed by atoms with Gasteiger partial charge < -0.3 is 4.74 Å². The molecule has 0 fully saturated rings. The van der Waals surface area contributed by atoms with Crippen LogP contribution in [0.15, 0.2) is 17.0 Å². The molecular formula is C7H6Cl2O4S. The van der Waals surface area contributed by atoms with Gasteiger partial charge >= 0.3 is 0 Å². The maximum Gasteiger partial charge on any atom is 0.298 e. The summed E-state index contributed by atoms with van der Waals surface area (Å²) in [5.74, 6) is -0.126. The van der Waals surface area contributed by atoms with Crippen molar-refractivity contribution in [3.8, 4) is 5.75 Å². The van der Waals surface area contributed by atoms with E-state index in [1.54, 1.807) is 0 Å². The van der Waals surface area contributed by atoms with Crippen LogP contribution in [0.1, 0.15) is 0 Å². The predicted octanol–water partition coefficient (Wildman–Crippen LogP) is 2.25. The highest BCUT2D eigenvalue weighted by atomic mass is 35.5. The quantitative estimate of drug-likeness (QED) is 0.825. The van der Waals surface area contributed by atoms with E-state index in [4.69, 9.17) is 32.5 Å². The molecule has 0 atom stereocenters. The van der Waals surface area contributed by atoms with Gasteiger partial charge in [-0.25, -0.2) is 0 Å². The molecule has 0 saturated carbocycles. The maximum absolute atomic E-state index is 10.9. The van der Waals surface area contributed by atoms with Crippen molar-refractivity contribution < 1.29 is 17.7 Å². The zero-order chi connectivity index (χ0) is 10.9. The van der Waals surface area contributed by atoms with Crippen molar-refractivity contribution in [1.82, 2.24) is 0 Å². The second-order valence-electron chi connectivity index (χ2n) is 2.39. The summed E-state index contributed by atoms with van der Waals surface area (Å²) in [6, 6.07) is 2.37. The Morgan fingerprint density at radius 3 is 2.36 bits per heavy atom. The van der Waals surface area contributed by atoms with E-state index in [0.29, 0.717) is 0 Å². The number of rotatable bonds is 2. The highest BCUT2D eigenvalue weighted by Crippen LogP contribution is 2.34. The van der Waals surface area contributed by atoms with E-state index in [9.17, 15) is 8.42 Å². The normalized spacial score (nSPS) is 11.4. The summed E-state index contributed by atoms with van der Waals surface area (Å²) in [5, 5.41) is 0.121. The summed E-state index contributed by atoms with van der Waals surface area (Å²) in [6.45, 7) is 0. The van der Waals surface area contributed by atoms with Crippen LogP contribution in [-0.4, -0.2) is 20.1 Å². The highest BCUT2D eigenvalue weighted by molar-refractivity contribution is 7.86. The molecular weight excluding hydrogens is 251 g/mol. The molecule has 0 spiro atoms. The Kier molecular flexibility index (Phi) is 3.26. The second kappa shape index (κ2) is 3.94. The van der Waals surface area contributed by atoms with Crippen LogP contribution in [0.2, 0.25) is 10.0 Å². The molecule has 1 rings (SSSR count). The van der Waals surface area contributed by atoms with E-state index in [0.717, 1.165) is 6.07 Å². The van der Waals surface area contributed by atoms with Crippen molar-refractivity contribution in [2.24, 2.45) is 0 Å². The Morgan fingerprint density at radius 2 is 1.93 bits per heavy atom. The Labute approximate surface area is 91.1 Å². The molecule has 1 aromatic carbocycles. The van der Waals surface area contributed by atoms with Crippen molar-refractivity contribution in [3.05, 3.63) is 22.2 Å². The lowest BCUT2D eigenvalue weighted by Crippen LogP contribution is -2.01. The fourth-order valence-corrected chi connectivity index (χ4v) is 2.32. The third kappa shape index (κ3) is 2.30. The molecule has 1 N–H and O–H groups in total. The molecule has 14 heavy (non-hydrogen) atoms.